The molecule has 0 unspecified atom stereocenters. The maximum absolute atomic E-state index is 12.6. The highest BCUT2D eigenvalue weighted by Gasteiger charge is 2.21. The molecule has 4 nitrogen and oxygen atoms in total. The first kappa shape index (κ1) is 16.3. The Bertz CT molecular complexity index is 644. The molecule has 1 N–H and O–H groups in total. The number of hydrogen-bond donors (Lipinski definition) is 1. The molecule has 1 amide bonds. The second-order valence-corrected chi connectivity index (χ2v) is 6.44. The summed E-state index contributed by atoms with van der Waals surface area (Å²) in [5.74, 6) is 0.258. The van der Waals surface area contributed by atoms with E-state index in [1.807, 2.05) is 18.2 Å². The minimum Gasteiger partial charge on any atom is -0.338 e. The van der Waals surface area contributed by atoms with Crippen molar-refractivity contribution in [2.24, 2.45) is 0 Å². The van der Waals surface area contributed by atoms with E-state index in [-0.39, 0.29) is 11.3 Å². The van der Waals surface area contributed by atoms with Crippen molar-refractivity contribution in [2.75, 3.05) is 5.32 Å². The van der Waals surface area contributed by atoms with Crippen molar-refractivity contribution in [3.05, 3.63) is 46.6 Å². The quantitative estimate of drug-likeness (QED) is 0.913. The number of aromatic nitrogens is 1. The summed E-state index contributed by atoms with van der Waals surface area (Å²) in [5, 5.41) is 6.86. The Morgan fingerprint density at radius 2 is 1.77 bits per heavy atom. The van der Waals surface area contributed by atoms with Crippen molar-refractivity contribution in [1.82, 2.24) is 5.16 Å². The third-order valence-corrected chi connectivity index (χ3v) is 3.74. The fourth-order valence-corrected chi connectivity index (χ4v) is 2.40. The molecule has 0 aliphatic rings. The third-order valence-electron chi connectivity index (χ3n) is 3.74. The van der Waals surface area contributed by atoms with Gasteiger partial charge in [0.1, 0.15) is 0 Å². The molecular formula is C18H24N2O2. The lowest BCUT2D eigenvalue weighted by Crippen LogP contribution is -2.16. The first-order valence-electron chi connectivity index (χ1n) is 7.76. The average molecular weight is 300 g/mol. The van der Waals surface area contributed by atoms with E-state index in [4.69, 9.17) is 4.52 Å². The molecule has 0 radical (unpaired) electrons. The maximum Gasteiger partial charge on any atom is 0.258 e. The summed E-state index contributed by atoms with van der Waals surface area (Å²) in [6.45, 7) is 10.3. The molecule has 0 fully saturated rings. The molecule has 2 aromatic rings. The highest BCUT2D eigenvalue weighted by atomic mass is 16.5. The number of benzene rings is 1. The summed E-state index contributed by atoms with van der Waals surface area (Å²) in [6, 6.07) is 7.78. The zero-order valence-electron chi connectivity index (χ0n) is 14.0. The van der Waals surface area contributed by atoms with Crippen molar-refractivity contribution in [3.63, 3.8) is 0 Å². The number of carbonyl (C=O) groups is 1. The smallest absolute Gasteiger partial charge is 0.258 e. The van der Waals surface area contributed by atoms with Gasteiger partial charge in [-0.05, 0) is 24.0 Å². The molecule has 22 heavy (non-hydrogen) atoms. The lowest BCUT2D eigenvalue weighted by atomic mass is 9.92. The van der Waals surface area contributed by atoms with Crippen LogP contribution in [0.4, 0.5) is 5.88 Å². The van der Waals surface area contributed by atoms with Crippen molar-refractivity contribution in [3.8, 4) is 0 Å². The van der Waals surface area contributed by atoms with Gasteiger partial charge >= 0.3 is 0 Å². The van der Waals surface area contributed by atoms with E-state index in [1.165, 1.54) is 0 Å². The zero-order chi connectivity index (χ0) is 16.3. The lowest BCUT2D eigenvalue weighted by molar-refractivity contribution is 0.102. The molecule has 0 aliphatic heterocycles. The van der Waals surface area contributed by atoms with Crippen LogP contribution in [0, 0.1) is 0 Å². The van der Waals surface area contributed by atoms with Gasteiger partial charge < -0.3 is 4.52 Å². The third kappa shape index (κ3) is 3.38. The van der Waals surface area contributed by atoms with E-state index in [9.17, 15) is 4.79 Å². The Hall–Kier alpha value is -2.10. The largest absolute Gasteiger partial charge is 0.338 e. The minimum atomic E-state index is -0.133. The van der Waals surface area contributed by atoms with Crippen molar-refractivity contribution in [1.29, 1.82) is 0 Å². The van der Waals surface area contributed by atoms with Crippen LogP contribution in [0.25, 0.3) is 0 Å². The van der Waals surface area contributed by atoms with E-state index in [1.54, 1.807) is 6.07 Å². The number of hydrogen-bond acceptors (Lipinski definition) is 3. The SMILES string of the molecule is CCc1cccc(CC)c1C(=O)Nc1cc(C(C)(C)C)no1. The Labute approximate surface area is 131 Å². The van der Waals surface area contributed by atoms with Gasteiger partial charge in [0.05, 0.1) is 5.69 Å². The normalized spacial score (nSPS) is 11.5. The Morgan fingerprint density at radius 3 is 2.23 bits per heavy atom. The van der Waals surface area contributed by atoms with Gasteiger partial charge in [0.15, 0.2) is 0 Å². The first-order valence-corrected chi connectivity index (χ1v) is 7.76. The van der Waals surface area contributed by atoms with Gasteiger partial charge in [-0.2, -0.15) is 0 Å². The molecule has 0 spiro atoms. The lowest BCUT2D eigenvalue weighted by Gasteiger charge is -2.13. The van der Waals surface area contributed by atoms with Crippen LogP contribution in [0.2, 0.25) is 0 Å². The van der Waals surface area contributed by atoms with Gasteiger partial charge in [0.25, 0.3) is 5.91 Å². The molecule has 1 heterocycles. The monoisotopic (exact) mass is 300 g/mol. The summed E-state index contributed by atoms with van der Waals surface area (Å²) < 4.78 is 5.25. The molecular weight excluding hydrogens is 276 g/mol. The van der Waals surface area contributed by atoms with E-state index >= 15 is 0 Å². The molecule has 4 heteroatoms. The zero-order valence-corrected chi connectivity index (χ0v) is 14.0. The minimum absolute atomic E-state index is 0.109. The van der Waals surface area contributed by atoms with Crippen LogP contribution in [0.1, 0.15) is 61.8 Å². The maximum atomic E-state index is 12.6. The van der Waals surface area contributed by atoms with Crippen LogP contribution in [-0.2, 0) is 18.3 Å². The van der Waals surface area contributed by atoms with Crippen LogP contribution in [0.15, 0.2) is 28.8 Å². The summed E-state index contributed by atoms with van der Waals surface area (Å²) in [5.41, 5.74) is 3.56. The summed E-state index contributed by atoms with van der Waals surface area (Å²) in [6.07, 6.45) is 1.64. The Kier molecular flexibility index (Phi) is 4.69. The molecule has 2 rings (SSSR count). The molecule has 0 aliphatic carbocycles. The summed E-state index contributed by atoms with van der Waals surface area (Å²) in [7, 11) is 0. The van der Waals surface area contributed by atoms with Gasteiger partial charge in [-0.1, -0.05) is 58.0 Å². The topological polar surface area (TPSA) is 55.1 Å². The molecule has 0 bridgehead atoms. The Morgan fingerprint density at radius 1 is 1.18 bits per heavy atom. The van der Waals surface area contributed by atoms with E-state index < -0.39 is 0 Å². The van der Waals surface area contributed by atoms with Crippen LogP contribution >= 0.6 is 0 Å². The van der Waals surface area contributed by atoms with Crippen molar-refractivity contribution < 1.29 is 9.32 Å². The molecule has 118 valence electrons. The number of amides is 1. The predicted molar refractivity (Wildman–Crippen MR) is 88.4 cm³/mol. The van der Waals surface area contributed by atoms with Gasteiger partial charge in [0, 0.05) is 17.0 Å². The average Bonchev–Trinajstić information content (AvgIpc) is 2.94. The molecule has 1 aromatic carbocycles. The van der Waals surface area contributed by atoms with Crippen LogP contribution in [-0.4, -0.2) is 11.1 Å². The predicted octanol–water partition coefficient (Wildman–Crippen LogP) is 4.35. The fraction of sp³-hybridized carbons (Fsp3) is 0.444. The van der Waals surface area contributed by atoms with Crippen LogP contribution in [0.5, 0.6) is 0 Å². The van der Waals surface area contributed by atoms with Crippen LogP contribution in [0.3, 0.4) is 0 Å². The van der Waals surface area contributed by atoms with Gasteiger partial charge in [0.2, 0.25) is 5.88 Å². The Balaban J connectivity index is 2.28. The number of rotatable bonds is 4. The van der Waals surface area contributed by atoms with Gasteiger partial charge in [-0.3, -0.25) is 10.1 Å². The first-order chi connectivity index (χ1) is 10.4. The highest BCUT2D eigenvalue weighted by molar-refractivity contribution is 6.05. The van der Waals surface area contributed by atoms with E-state index in [0.717, 1.165) is 35.2 Å². The number of nitrogens with one attached hydrogen (secondary N) is 1. The molecule has 0 saturated carbocycles. The summed E-state index contributed by atoms with van der Waals surface area (Å²) >= 11 is 0. The van der Waals surface area contributed by atoms with E-state index in [2.05, 4.69) is 45.1 Å². The molecule has 0 atom stereocenters. The summed E-state index contributed by atoms with van der Waals surface area (Å²) in [4.78, 5) is 12.6. The number of anilines is 1. The number of aryl methyl sites for hydroxylation is 2. The number of nitrogens with zero attached hydrogens (tertiary/aromatic N) is 1. The second-order valence-electron chi connectivity index (χ2n) is 6.44. The van der Waals surface area contributed by atoms with Gasteiger partial charge in [-0.15, -0.1) is 0 Å². The van der Waals surface area contributed by atoms with E-state index in [0.29, 0.717) is 5.88 Å². The van der Waals surface area contributed by atoms with Crippen molar-refractivity contribution >= 4 is 11.8 Å². The fourth-order valence-electron chi connectivity index (χ4n) is 2.40. The second kappa shape index (κ2) is 6.34. The van der Waals surface area contributed by atoms with Gasteiger partial charge in [-0.25, -0.2) is 0 Å². The highest BCUT2D eigenvalue weighted by Crippen LogP contribution is 2.25. The molecule has 0 saturated heterocycles. The van der Waals surface area contributed by atoms with Crippen molar-refractivity contribution in [2.45, 2.75) is 52.9 Å². The number of carbonyl (C=O) groups excluding carboxylic acids is 1. The van der Waals surface area contributed by atoms with Crippen LogP contribution < -0.4 is 5.32 Å². The standard InChI is InChI=1S/C18H24N2O2/c1-6-12-9-8-10-13(7-2)16(12)17(21)19-15-11-14(20-22-15)18(3,4)5/h8-11H,6-7H2,1-5H3,(H,19,21). The molecule has 1 aromatic heterocycles.